The normalized spacial score (nSPS) is 10.8. The first-order valence-electron chi connectivity index (χ1n) is 6.16. The lowest BCUT2D eigenvalue weighted by atomic mass is 10.1. The fourth-order valence-corrected chi connectivity index (χ4v) is 2.84. The van der Waals surface area contributed by atoms with Crippen LogP contribution in [0.25, 0.3) is 10.9 Å². The topological polar surface area (TPSA) is 59.8 Å². The van der Waals surface area contributed by atoms with E-state index in [-0.39, 0.29) is 11.5 Å². The summed E-state index contributed by atoms with van der Waals surface area (Å²) in [5.41, 5.74) is 1.61. The zero-order chi connectivity index (χ0) is 13.9. The number of carbonyl (C=O) groups is 1. The van der Waals surface area contributed by atoms with Crippen molar-refractivity contribution in [1.29, 1.82) is 0 Å². The number of para-hydroxylation sites is 1. The maximum Gasteiger partial charge on any atom is 0.251 e. The highest BCUT2D eigenvalue weighted by atomic mass is 32.2. The summed E-state index contributed by atoms with van der Waals surface area (Å²) in [6.45, 7) is 0. The van der Waals surface area contributed by atoms with Crippen LogP contribution in [-0.2, 0) is 0 Å². The summed E-state index contributed by atoms with van der Waals surface area (Å²) in [5.74, 6) is 0.255. The van der Waals surface area contributed by atoms with Crippen molar-refractivity contribution in [2.24, 2.45) is 0 Å². The number of carbonyl (C=O) groups excluding carboxylic acids is 1. The number of benzene rings is 1. The van der Waals surface area contributed by atoms with Crippen molar-refractivity contribution in [1.82, 2.24) is 4.98 Å². The average Bonchev–Trinajstić information content (AvgIpc) is 2.90. The molecule has 0 aliphatic carbocycles. The predicted octanol–water partition coefficient (Wildman–Crippen LogP) is 2.78. The van der Waals surface area contributed by atoms with Gasteiger partial charge < -0.3 is 10.2 Å². The van der Waals surface area contributed by atoms with Crippen LogP contribution in [0.5, 0.6) is 0 Å². The van der Waals surface area contributed by atoms with Gasteiger partial charge >= 0.3 is 0 Å². The first-order valence-corrected chi connectivity index (χ1v) is 7.14. The quantitative estimate of drug-likeness (QED) is 0.347. The van der Waals surface area contributed by atoms with E-state index in [4.69, 9.17) is 0 Å². The number of hydrogen-bond donors (Lipinski definition) is 1. The fraction of sp³-hybridized carbons (Fsp3) is 0.0667. The summed E-state index contributed by atoms with van der Waals surface area (Å²) in [5, 5.41) is 13.0. The maximum absolute atomic E-state index is 12.3. The number of nitrogens with one attached hydrogen (secondary N) is 1. The second-order valence-electron chi connectivity index (χ2n) is 4.32. The van der Waals surface area contributed by atoms with E-state index in [1.165, 1.54) is 18.0 Å². The molecule has 3 aromatic rings. The Morgan fingerprint density at radius 2 is 2.00 bits per heavy atom. The largest absolute Gasteiger partial charge is 0.618 e. The number of thioether (sulfide) groups is 1. The molecule has 2 aromatic heterocycles. The zero-order valence-corrected chi connectivity index (χ0v) is 11.4. The number of hydrogen-bond acceptors (Lipinski definition) is 3. The molecular weight excluding hydrogens is 272 g/mol. The summed E-state index contributed by atoms with van der Waals surface area (Å²) >= 11 is 1.25. The number of H-pyrrole nitrogens is 1. The molecule has 0 bridgehead atoms. The Balaban J connectivity index is 1.79. The van der Waals surface area contributed by atoms with Crippen LogP contribution >= 0.6 is 11.8 Å². The van der Waals surface area contributed by atoms with E-state index in [0.717, 1.165) is 15.6 Å². The molecule has 0 saturated carbocycles. The third-order valence-corrected chi connectivity index (χ3v) is 4.05. The van der Waals surface area contributed by atoms with Crippen LogP contribution in [0.4, 0.5) is 0 Å². The van der Waals surface area contributed by atoms with Gasteiger partial charge in [0, 0.05) is 34.8 Å². The van der Waals surface area contributed by atoms with Gasteiger partial charge in [-0.25, -0.2) is 0 Å². The lowest BCUT2D eigenvalue weighted by molar-refractivity contribution is -0.645. The Bertz CT molecular complexity index is 767. The fourth-order valence-electron chi connectivity index (χ4n) is 2.04. The Morgan fingerprint density at radius 1 is 1.20 bits per heavy atom. The summed E-state index contributed by atoms with van der Waals surface area (Å²) in [4.78, 5) is 15.3. The second-order valence-corrected chi connectivity index (χ2v) is 5.32. The van der Waals surface area contributed by atoms with Crippen molar-refractivity contribution in [2.75, 3.05) is 5.75 Å². The molecule has 0 fully saturated rings. The zero-order valence-electron chi connectivity index (χ0n) is 10.6. The predicted molar refractivity (Wildman–Crippen MR) is 78.8 cm³/mol. The number of Topliss-reactive ketones (excluding diaryl/α,β-unsaturated/α-hetero) is 1. The van der Waals surface area contributed by atoms with Crippen molar-refractivity contribution < 1.29 is 9.52 Å². The molecule has 20 heavy (non-hydrogen) atoms. The van der Waals surface area contributed by atoms with Crippen molar-refractivity contribution in [2.45, 2.75) is 5.03 Å². The summed E-state index contributed by atoms with van der Waals surface area (Å²) in [7, 11) is 0. The molecule has 0 spiro atoms. The Morgan fingerprint density at radius 3 is 2.85 bits per heavy atom. The van der Waals surface area contributed by atoms with Crippen molar-refractivity contribution in [3.63, 3.8) is 0 Å². The highest BCUT2D eigenvalue weighted by molar-refractivity contribution is 7.99. The van der Waals surface area contributed by atoms with E-state index >= 15 is 0 Å². The minimum atomic E-state index is 0.0105. The van der Waals surface area contributed by atoms with Gasteiger partial charge in [-0.15, -0.1) is 0 Å². The van der Waals surface area contributed by atoms with Gasteiger partial charge in [0.05, 0.1) is 5.75 Å². The summed E-state index contributed by atoms with van der Waals surface area (Å²) < 4.78 is 0.771. The molecule has 3 rings (SSSR count). The van der Waals surface area contributed by atoms with E-state index in [1.807, 2.05) is 24.3 Å². The average molecular weight is 284 g/mol. The number of nitrogens with zero attached hydrogens (tertiary/aromatic N) is 1. The van der Waals surface area contributed by atoms with E-state index in [0.29, 0.717) is 10.6 Å². The Hall–Kier alpha value is -2.27. The number of ketones is 1. The van der Waals surface area contributed by atoms with E-state index < -0.39 is 0 Å². The number of fused-ring (bicyclic) bond motifs is 1. The van der Waals surface area contributed by atoms with Crippen molar-refractivity contribution in [3.05, 3.63) is 65.6 Å². The van der Waals surface area contributed by atoms with Crippen molar-refractivity contribution in [3.8, 4) is 0 Å². The third kappa shape index (κ3) is 2.40. The van der Waals surface area contributed by atoms with Gasteiger partial charge in [0.2, 0.25) is 0 Å². The summed E-state index contributed by atoms with van der Waals surface area (Å²) in [6, 6.07) is 12.8. The Labute approximate surface area is 120 Å². The molecular formula is C15H12N2O2S. The number of pyridine rings is 1. The van der Waals surface area contributed by atoms with Crippen LogP contribution in [0.1, 0.15) is 10.4 Å². The highest BCUT2D eigenvalue weighted by Gasteiger charge is 2.14. The first-order chi connectivity index (χ1) is 9.75. The molecule has 0 aliphatic heterocycles. The van der Waals surface area contributed by atoms with Crippen LogP contribution in [0.3, 0.4) is 0 Å². The van der Waals surface area contributed by atoms with Gasteiger partial charge in [0.1, 0.15) is 0 Å². The lowest BCUT2D eigenvalue weighted by Gasteiger charge is -2.02. The summed E-state index contributed by atoms with van der Waals surface area (Å²) in [6.07, 6.45) is 3.16. The standard InChI is InChI=1S/C15H12N2O2S/c18-14(10-20-15-7-3-4-8-17(15)19)12-9-16-13-6-2-1-5-11(12)13/h1-9,16H,10H2. The monoisotopic (exact) mass is 284 g/mol. The van der Waals surface area contributed by atoms with E-state index in [9.17, 15) is 10.0 Å². The smallest absolute Gasteiger partial charge is 0.251 e. The Kier molecular flexibility index (Phi) is 3.43. The molecule has 100 valence electrons. The SMILES string of the molecule is O=C(CSc1cccc[n+]1[O-])c1c[nH]c2ccccc12. The van der Waals surface area contributed by atoms with Gasteiger partial charge in [-0.05, 0) is 23.9 Å². The highest BCUT2D eigenvalue weighted by Crippen LogP contribution is 2.21. The van der Waals surface area contributed by atoms with E-state index in [1.54, 1.807) is 24.4 Å². The third-order valence-electron chi connectivity index (χ3n) is 3.03. The molecule has 1 aromatic carbocycles. The van der Waals surface area contributed by atoms with Crippen LogP contribution < -0.4 is 4.73 Å². The molecule has 0 atom stereocenters. The van der Waals surface area contributed by atoms with Gasteiger partial charge in [-0.3, -0.25) is 4.79 Å². The first kappa shape index (κ1) is 12.7. The van der Waals surface area contributed by atoms with Crippen LogP contribution in [0.2, 0.25) is 0 Å². The second kappa shape index (κ2) is 5.38. The molecule has 0 aliphatic rings. The van der Waals surface area contributed by atoms with Crippen LogP contribution in [0, 0.1) is 5.21 Å². The number of rotatable bonds is 4. The van der Waals surface area contributed by atoms with Crippen molar-refractivity contribution >= 4 is 28.4 Å². The molecule has 4 nitrogen and oxygen atoms in total. The molecule has 5 heteroatoms. The van der Waals surface area contributed by atoms with Gasteiger partial charge in [-0.2, -0.15) is 4.73 Å². The molecule has 0 saturated heterocycles. The number of aromatic amines is 1. The maximum atomic E-state index is 12.3. The minimum Gasteiger partial charge on any atom is -0.618 e. The minimum absolute atomic E-state index is 0.0105. The molecule has 0 amide bonds. The van der Waals surface area contributed by atoms with Gasteiger partial charge in [-0.1, -0.05) is 18.2 Å². The van der Waals surface area contributed by atoms with Gasteiger partial charge in [0.25, 0.3) is 5.03 Å². The molecule has 1 N–H and O–H groups in total. The number of aromatic nitrogens is 2. The molecule has 2 heterocycles. The molecule has 0 radical (unpaired) electrons. The molecule has 0 unspecified atom stereocenters. The van der Waals surface area contributed by atoms with Crippen LogP contribution in [-0.4, -0.2) is 16.5 Å². The lowest BCUT2D eigenvalue weighted by Crippen LogP contribution is -2.28. The van der Waals surface area contributed by atoms with E-state index in [2.05, 4.69) is 4.98 Å². The van der Waals surface area contributed by atoms with Gasteiger partial charge in [0.15, 0.2) is 12.0 Å². The van der Waals surface area contributed by atoms with Crippen LogP contribution in [0.15, 0.2) is 59.9 Å².